The van der Waals surface area contributed by atoms with Crippen LogP contribution in [-0.2, 0) is 7.05 Å². The summed E-state index contributed by atoms with van der Waals surface area (Å²) in [7, 11) is 1.50. The van der Waals surface area contributed by atoms with E-state index in [4.69, 9.17) is 0 Å². The average molecular weight is 354 g/mol. The molecule has 0 saturated carbocycles. The van der Waals surface area contributed by atoms with Crippen LogP contribution in [0.1, 0.15) is 34.9 Å². The van der Waals surface area contributed by atoms with E-state index in [1.54, 1.807) is 4.90 Å². The van der Waals surface area contributed by atoms with Crippen molar-refractivity contribution in [2.24, 2.45) is 7.05 Å². The summed E-state index contributed by atoms with van der Waals surface area (Å²) in [5.74, 6) is 0.744. The number of amides is 1. The van der Waals surface area contributed by atoms with Gasteiger partial charge in [-0.25, -0.2) is 4.79 Å². The molecule has 0 atom stereocenters. The molecule has 0 radical (unpaired) electrons. The highest BCUT2D eigenvalue weighted by molar-refractivity contribution is 5.93. The molecule has 9 nitrogen and oxygen atoms in total. The molecule has 134 valence electrons. The monoisotopic (exact) mass is 354 g/mol. The van der Waals surface area contributed by atoms with Crippen molar-refractivity contribution in [1.29, 1.82) is 0 Å². The molecule has 3 aromatic rings. The van der Waals surface area contributed by atoms with E-state index in [1.165, 1.54) is 17.8 Å². The number of carbonyl (C=O) groups excluding carboxylic acids is 1. The number of carbonyl (C=O) groups is 1. The van der Waals surface area contributed by atoms with Crippen LogP contribution in [0.3, 0.4) is 0 Å². The second-order valence-electron chi connectivity index (χ2n) is 6.47. The van der Waals surface area contributed by atoms with Crippen molar-refractivity contribution in [2.45, 2.75) is 18.8 Å². The molecule has 0 spiro atoms. The zero-order chi connectivity index (χ0) is 18.3. The maximum absolute atomic E-state index is 12.6. The van der Waals surface area contributed by atoms with E-state index in [-0.39, 0.29) is 17.4 Å². The summed E-state index contributed by atoms with van der Waals surface area (Å²) in [4.78, 5) is 39.8. The van der Waals surface area contributed by atoms with E-state index in [0.29, 0.717) is 13.1 Å². The Balaban J connectivity index is 1.52. The lowest BCUT2D eigenvalue weighted by Crippen LogP contribution is -2.42. The van der Waals surface area contributed by atoms with Crippen molar-refractivity contribution in [3.63, 3.8) is 0 Å². The van der Waals surface area contributed by atoms with Gasteiger partial charge in [-0.15, -0.1) is 10.2 Å². The highest BCUT2D eigenvalue weighted by Crippen LogP contribution is 2.27. The Morgan fingerprint density at radius 3 is 2.73 bits per heavy atom. The number of likely N-dealkylation sites (tertiary alicyclic amines) is 1. The van der Waals surface area contributed by atoms with Gasteiger partial charge in [0.15, 0.2) is 5.65 Å². The van der Waals surface area contributed by atoms with Crippen LogP contribution in [0.2, 0.25) is 0 Å². The third-order valence-electron chi connectivity index (χ3n) is 4.83. The van der Waals surface area contributed by atoms with Crippen molar-refractivity contribution >= 4 is 11.6 Å². The molecule has 9 heteroatoms. The van der Waals surface area contributed by atoms with Gasteiger partial charge in [-0.05, 0) is 25.0 Å². The fraction of sp³-hybridized carbons (Fsp3) is 0.353. The van der Waals surface area contributed by atoms with E-state index in [2.05, 4.69) is 15.2 Å². The first-order chi connectivity index (χ1) is 12.5. The number of nitrogens with zero attached hydrogens (tertiary/aromatic N) is 5. The molecule has 4 rings (SSSR count). The summed E-state index contributed by atoms with van der Waals surface area (Å²) in [6.45, 7) is 1.04. The SMILES string of the molecule is Cn1cc(C(=O)N2CCC(c3nnc4ccccn34)CC2)c(=O)[nH]c1=O. The van der Waals surface area contributed by atoms with Crippen LogP contribution in [0.25, 0.3) is 5.65 Å². The quantitative estimate of drug-likeness (QED) is 0.704. The van der Waals surface area contributed by atoms with E-state index in [9.17, 15) is 14.4 Å². The Hall–Kier alpha value is -3.23. The van der Waals surface area contributed by atoms with Gasteiger partial charge in [-0.1, -0.05) is 6.07 Å². The van der Waals surface area contributed by atoms with Crippen LogP contribution in [-0.4, -0.2) is 48.0 Å². The number of aromatic nitrogens is 5. The lowest BCUT2D eigenvalue weighted by Gasteiger charge is -2.31. The van der Waals surface area contributed by atoms with Crippen molar-refractivity contribution in [1.82, 2.24) is 29.0 Å². The zero-order valence-electron chi connectivity index (χ0n) is 14.3. The molecule has 0 bridgehead atoms. The molecule has 3 aromatic heterocycles. The second kappa shape index (κ2) is 6.25. The minimum absolute atomic E-state index is 0.0153. The van der Waals surface area contributed by atoms with Crippen LogP contribution in [0.15, 0.2) is 40.2 Å². The minimum Gasteiger partial charge on any atom is -0.338 e. The lowest BCUT2D eigenvalue weighted by molar-refractivity contribution is 0.0708. The molecule has 1 aliphatic heterocycles. The summed E-state index contributed by atoms with van der Waals surface area (Å²) in [6.07, 6.45) is 4.71. The second-order valence-corrected chi connectivity index (χ2v) is 6.47. The van der Waals surface area contributed by atoms with Gasteiger partial charge in [0.25, 0.3) is 11.5 Å². The number of piperidine rings is 1. The fourth-order valence-electron chi connectivity index (χ4n) is 3.37. The highest BCUT2D eigenvalue weighted by Gasteiger charge is 2.28. The van der Waals surface area contributed by atoms with Crippen LogP contribution in [0.4, 0.5) is 0 Å². The fourth-order valence-corrected chi connectivity index (χ4v) is 3.37. The summed E-state index contributed by atoms with van der Waals surface area (Å²) in [6, 6.07) is 5.76. The minimum atomic E-state index is -0.649. The molecule has 0 unspecified atom stereocenters. The smallest absolute Gasteiger partial charge is 0.328 e. The Morgan fingerprint density at radius 1 is 1.19 bits per heavy atom. The first-order valence-electron chi connectivity index (χ1n) is 8.43. The third kappa shape index (κ3) is 2.71. The van der Waals surface area contributed by atoms with Crippen LogP contribution in [0, 0.1) is 0 Å². The molecular formula is C17H18N6O3. The van der Waals surface area contributed by atoms with E-state index in [0.717, 1.165) is 24.3 Å². The number of aryl methyl sites for hydroxylation is 1. The summed E-state index contributed by atoms with van der Waals surface area (Å²) < 4.78 is 3.17. The van der Waals surface area contributed by atoms with Gasteiger partial charge < -0.3 is 9.47 Å². The van der Waals surface area contributed by atoms with Gasteiger partial charge in [-0.3, -0.25) is 19.0 Å². The van der Waals surface area contributed by atoms with Crippen LogP contribution >= 0.6 is 0 Å². The number of H-pyrrole nitrogens is 1. The van der Waals surface area contributed by atoms with Gasteiger partial charge in [0, 0.05) is 38.4 Å². The molecule has 0 aromatic carbocycles. The first kappa shape index (κ1) is 16.2. The first-order valence-corrected chi connectivity index (χ1v) is 8.43. The number of fused-ring (bicyclic) bond motifs is 1. The zero-order valence-corrected chi connectivity index (χ0v) is 14.3. The Morgan fingerprint density at radius 2 is 1.96 bits per heavy atom. The number of hydrogen-bond donors (Lipinski definition) is 1. The predicted molar refractivity (Wildman–Crippen MR) is 93.2 cm³/mol. The van der Waals surface area contributed by atoms with Crippen molar-refractivity contribution in [3.05, 3.63) is 62.8 Å². The Kier molecular flexibility index (Phi) is 3.90. The van der Waals surface area contributed by atoms with Crippen LogP contribution in [0.5, 0.6) is 0 Å². The van der Waals surface area contributed by atoms with Crippen molar-refractivity contribution in [3.8, 4) is 0 Å². The van der Waals surface area contributed by atoms with Gasteiger partial charge in [0.05, 0.1) is 0 Å². The number of aromatic amines is 1. The van der Waals surface area contributed by atoms with Gasteiger partial charge in [-0.2, -0.15) is 0 Å². The maximum Gasteiger partial charge on any atom is 0.328 e. The van der Waals surface area contributed by atoms with Gasteiger partial charge in [0.2, 0.25) is 0 Å². The summed E-state index contributed by atoms with van der Waals surface area (Å²) >= 11 is 0. The molecule has 1 fully saturated rings. The topological polar surface area (TPSA) is 105 Å². The average Bonchev–Trinajstić information content (AvgIpc) is 3.08. The Bertz CT molecular complexity index is 1090. The van der Waals surface area contributed by atoms with E-state index >= 15 is 0 Å². The van der Waals surface area contributed by atoms with Crippen molar-refractivity contribution in [2.75, 3.05) is 13.1 Å². The molecular weight excluding hydrogens is 336 g/mol. The normalized spacial score (nSPS) is 15.5. The number of pyridine rings is 1. The molecule has 1 saturated heterocycles. The maximum atomic E-state index is 12.6. The molecule has 1 N–H and O–H groups in total. The molecule has 1 aliphatic rings. The summed E-state index contributed by atoms with van der Waals surface area (Å²) in [5, 5.41) is 8.48. The molecule has 1 amide bonds. The number of rotatable bonds is 2. The van der Waals surface area contributed by atoms with Gasteiger partial charge >= 0.3 is 5.69 Å². The largest absolute Gasteiger partial charge is 0.338 e. The highest BCUT2D eigenvalue weighted by atomic mass is 16.2. The molecule has 0 aliphatic carbocycles. The number of nitrogens with one attached hydrogen (secondary N) is 1. The van der Waals surface area contributed by atoms with E-state index in [1.807, 2.05) is 28.8 Å². The van der Waals surface area contributed by atoms with E-state index < -0.39 is 11.2 Å². The lowest BCUT2D eigenvalue weighted by atomic mass is 9.95. The summed E-state index contributed by atoms with van der Waals surface area (Å²) in [5.41, 5.74) is -0.399. The number of hydrogen-bond acceptors (Lipinski definition) is 5. The molecule has 4 heterocycles. The van der Waals surface area contributed by atoms with Crippen LogP contribution < -0.4 is 11.2 Å². The van der Waals surface area contributed by atoms with Gasteiger partial charge in [0.1, 0.15) is 11.4 Å². The standard InChI is InChI=1S/C17H18N6O3/c1-21-10-12(15(24)18-17(21)26)16(25)22-8-5-11(6-9-22)14-20-19-13-4-2-3-7-23(13)14/h2-4,7,10-11H,5-6,8-9H2,1H3,(H,18,24,26). The van der Waals surface area contributed by atoms with Crippen molar-refractivity contribution < 1.29 is 4.79 Å². The Labute approximate surface area is 147 Å². The predicted octanol–water partition coefficient (Wildman–Crippen LogP) is 0.136. The molecule has 26 heavy (non-hydrogen) atoms. The third-order valence-corrected chi connectivity index (χ3v) is 4.83.